The zero-order chi connectivity index (χ0) is 20.1. The van der Waals surface area contributed by atoms with Gasteiger partial charge in [-0.05, 0) is 37.6 Å². The Morgan fingerprint density at radius 2 is 1.87 bits per heavy atom. The molecule has 2 N–H and O–H groups in total. The second kappa shape index (κ2) is 10.4. The predicted octanol–water partition coefficient (Wildman–Crippen LogP) is 1.31. The molecule has 2 aliphatic rings. The van der Waals surface area contributed by atoms with Gasteiger partial charge in [0.05, 0.1) is 12.6 Å². The normalized spacial score (nSPS) is 19.1. The lowest BCUT2D eigenvalue weighted by Crippen LogP contribution is -2.51. The quantitative estimate of drug-likeness (QED) is 0.744. The fourth-order valence-corrected chi connectivity index (χ4v) is 3.93. The number of carbonyl (C=O) groups excluding carboxylic acids is 2. The molecule has 1 unspecified atom stereocenters. The van der Waals surface area contributed by atoms with Crippen LogP contribution in [0.25, 0.3) is 0 Å². The molecule has 2 amide bonds. The van der Waals surface area contributed by atoms with Crippen LogP contribution in [0.5, 0.6) is 0 Å². The highest BCUT2D eigenvalue weighted by Gasteiger charge is 2.22. The number of carbonyl (C=O) groups is 2. The third kappa shape index (κ3) is 5.31. The second-order valence-corrected chi connectivity index (χ2v) is 7.57. The third-order valence-electron chi connectivity index (χ3n) is 5.64. The number of benzene rings is 1. The Labute approximate surface area is 183 Å². The molecule has 1 aromatic heterocycles. The van der Waals surface area contributed by atoms with E-state index in [1.54, 1.807) is 6.07 Å². The highest BCUT2D eigenvalue weighted by atomic mass is 35.5. The summed E-state index contributed by atoms with van der Waals surface area (Å²) in [6.45, 7) is 4.82. The summed E-state index contributed by atoms with van der Waals surface area (Å²) in [5.41, 5.74) is 1.54. The van der Waals surface area contributed by atoms with Gasteiger partial charge in [0.25, 0.3) is 5.91 Å². The van der Waals surface area contributed by atoms with E-state index in [0.29, 0.717) is 18.8 Å². The van der Waals surface area contributed by atoms with E-state index in [-0.39, 0.29) is 36.8 Å². The van der Waals surface area contributed by atoms with Gasteiger partial charge in [-0.3, -0.25) is 14.3 Å². The first-order valence-corrected chi connectivity index (χ1v) is 10.3. The van der Waals surface area contributed by atoms with Gasteiger partial charge in [0, 0.05) is 44.6 Å². The number of amides is 2. The third-order valence-corrected chi connectivity index (χ3v) is 5.64. The summed E-state index contributed by atoms with van der Waals surface area (Å²) in [5.74, 6) is -0.356. The van der Waals surface area contributed by atoms with E-state index in [0.717, 1.165) is 39.0 Å². The Hall–Kier alpha value is -2.58. The van der Waals surface area contributed by atoms with Crippen molar-refractivity contribution in [2.24, 2.45) is 0 Å². The smallest absolute Gasteiger partial charge is 0.272 e. The zero-order valence-electron chi connectivity index (χ0n) is 17.0. The average molecular weight is 433 g/mol. The van der Waals surface area contributed by atoms with Gasteiger partial charge in [-0.15, -0.1) is 12.4 Å². The number of hydrogen-bond donors (Lipinski definition) is 2. The molecule has 30 heavy (non-hydrogen) atoms. The van der Waals surface area contributed by atoms with Crippen LogP contribution >= 0.6 is 12.4 Å². The number of piperidine rings is 1. The van der Waals surface area contributed by atoms with Gasteiger partial charge in [0.15, 0.2) is 0 Å². The van der Waals surface area contributed by atoms with E-state index >= 15 is 0 Å². The minimum atomic E-state index is -0.302. The van der Waals surface area contributed by atoms with Gasteiger partial charge in [0.2, 0.25) is 5.91 Å². The molecule has 4 rings (SSSR count). The maximum absolute atomic E-state index is 12.5. The number of nitrogens with zero attached hydrogens (tertiary/aromatic N) is 4. The molecule has 1 aromatic carbocycles. The van der Waals surface area contributed by atoms with Crippen LogP contribution < -0.4 is 15.5 Å². The van der Waals surface area contributed by atoms with Crippen molar-refractivity contribution in [3.8, 4) is 0 Å². The molecular formula is C21H29ClN6O2. The fraction of sp³-hybridized carbons (Fsp3) is 0.476. The molecule has 0 saturated carbocycles. The minimum absolute atomic E-state index is 0. The maximum atomic E-state index is 12.5. The van der Waals surface area contributed by atoms with Gasteiger partial charge < -0.3 is 20.4 Å². The molecule has 3 heterocycles. The van der Waals surface area contributed by atoms with Crippen LogP contribution in [0, 0.1) is 0 Å². The molecule has 0 radical (unpaired) electrons. The Morgan fingerprint density at radius 3 is 2.57 bits per heavy atom. The van der Waals surface area contributed by atoms with E-state index in [1.165, 1.54) is 5.69 Å². The minimum Gasteiger partial charge on any atom is -0.368 e. The number of anilines is 1. The lowest BCUT2D eigenvalue weighted by molar-refractivity contribution is -0.130. The van der Waals surface area contributed by atoms with Crippen LogP contribution in [0.15, 0.2) is 42.6 Å². The van der Waals surface area contributed by atoms with Crippen molar-refractivity contribution in [1.82, 2.24) is 25.3 Å². The molecule has 9 heteroatoms. The van der Waals surface area contributed by atoms with E-state index in [4.69, 9.17) is 0 Å². The van der Waals surface area contributed by atoms with Crippen molar-refractivity contribution < 1.29 is 9.59 Å². The summed E-state index contributed by atoms with van der Waals surface area (Å²) in [5, 5.41) is 10.5. The lowest BCUT2D eigenvalue weighted by atomic mass is 10.1. The first-order chi connectivity index (χ1) is 14.2. The SMILES string of the molecule is Cl.O=C(NCC(=O)N1CCN(c2ccccc2)CC1)c1ccn(C2CCCNC2)n1. The Kier molecular flexibility index (Phi) is 7.70. The molecule has 2 fully saturated rings. The molecule has 2 aromatic rings. The van der Waals surface area contributed by atoms with Crippen molar-refractivity contribution in [3.63, 3.8) is 0 Å². The van der Waals surface area contributed by atoms with Crippen molar-refractivity contribution in [3.05, 3.63) is 48.3 Å². The molecule has 0 aliphatic carbocycles. The number of hydrogen-bond acceptors (Lipinski definition) is 5. The molecular weight excluding hydrogens is 404 g/mol. The van der Waals surface area contributed by atoms with Crippen LogP contribution in [0.3, 0.4) is 0 Å². The average Bonchev–Trinajstić information content (AvgIpc) is 3.29. The Balaban J connectivity index is 0.00000256. The standard InChI is InChI=1S/C21H28N6O2.ClH/c28-20(26-13-11-25(12-14-26)17-5-2-1-3-6-17)16-23-21(29)19-8-10-27(24-19)18-7-4-9-22-15-18;/h1-3,5-6,8,10,18,22H,4,7,9,11-16H2,(H,23,29);1H. The Bertz CT molecular complexity index is 829. The van der Waals surface area contributed by atoms with Crippen LogP contribution in [-0.4, -0.2) is 72.3 Å². The predicted molar refractivity (Wildman–Crippen MR) is 118 cm³/mol. The Morgan fingerprint density at radius 1 is 1.10 bits per heavy atom. The largest absolute Gasteiger partial charge is 0.368 e. The van der Waals surface area contributed by atoms with E-state index in [2.05, 4.69) is 32.8 Å². The highest BCUT2D eigenvalue weighted by Crippen LogP contribution is 2.16. The molecule has 2 aliphatic heterocycles. The van der Waals surface area contributed by atoms with Crippen LogP contribution in [0.1, 0.15) is 29.4 Å². The summed E-state index contributed by atoms with van der Waals surface area (Å²) >= 11 is 0. The monoisotopic (exact) mass is 432 g/mol. The van der Waals surface area contributed by atoms with Gasteiger partial charge in [-0.2, -0.15) is 5.10 Å². The molecule has 0 bridgehead atoms. The number of halogens is 1. The molecule has 0 spiro atoms. The van der Waals surface area contributed by atoms with Gasteiger partial charge >= 0.3 is 0 Å². The topological polar surface area (TPSA) is 82.5 Å². The molecule has 162 valence electrons. The van der Waals surface area contributed by atoms with Crippen molar-refractivity contribution in [2.75, 3.05) is 50.7 Å². The number of piperazine rings is 1. The summed E-state index contributed by atoms with van der Waals surface area (Å²) in [6, 6.07) is 12.2. The van der Waals surface area contributed by atoms with Crippen molar-refractivity contribution in [2.45, 2.75) is 18.9 Å². The first-order valence-electron chi connectivity index (χ1n) is 10.3. The first kappa shape index (κ1) is 22.1. The molecule has 8 nitrogen and oxygen atoms in total. The van der Waals surface area contributed by atoms with Gasteiger partial charge in [-0.1, -0.05) is 18.2 Å². The summed E-state index contributed by atoms with van der Waals surface area (Å²) in [6.07, 6.45) is 4.01. The highest BCUT2D eigenvalue weighted by molar-refractivity contribution is 5.94. The molecule has 2 saturated heterocycles. The fourth-order valence-electron chi connectivity index (χ4n) is 3.93. The number of rotatable bonds is 5. The van der Waals surface area contributed by atoms with Gasteiger partial charge in [-0.25, -0.2) is 0 Å². The van der Waals surface area contributed by atoms with Crippen LogP contribution in [0.2, 0.25) is 0 Å². The van der Waals surface area contributed by atoms with Crippen molar-refractivity contribution in [1.29, 1.82) is 0 Å². The number of nitrogens with one attached hydrogen (secondary N) is 2. The van der Waals surface area contributed by atoms with Crippen LogP contribution in [0.4, 0.5) is 5.69 Å². The van der Waals surface area contributed by atoms with E-state index < -0.39 is 0 Å². The summed E-state index contributed by atoms with van der Waals surface area (Å²) in [4.78, 5) is 29.0. The summed E-state index contributed by atoms with van der Waals surface area (Å²) < 4.78 is 1.85. The van der Waals surface area contributed by atoms with Gasteiger partial charge in [0.1, 0.15) is 5.69 Å². The zero-order valence-corrected chi connectivity index (χ0v) is 17.8. The van der Waals surface area contributed by atoms with E-state index in [1.807, 2.05) is 34.0 Å². The lowest BCUT2D eigenvalue weighted by Gasteiger charge is -2.36. The van der Waals surface area contributed by atoms with Crippen LogP contribution in [-0.2, 0) is 4.79 Å². The maximum Gasteiger partial charge on any atom is 0.272 e. The van der Waals surface area contributed by atoms with E-state index in [9.17, 15) is 9.59 Å². The second-order valence-electron chi connectivity index (χ2n) is 7.57. The number of para-hydroxylation sites is 1. The summed E-state index contributed by atoms with van der Waals surface area (Å²) in [7, 11) is 0. The number of aromatic nitrogens is 2. The van der Waals surface area contributed by atoms with Crippen molar-refractivity contribution >= 4 is 29.9 Å². The molecule has 1 atom stereocenters.